The minimum Gasteiger partial charge on any atom is -0.493 e. The van der Waals surface area contributed by atoms with E-state index in [2.05, 4.69) is 20.2 Å². The number of ether oxygens (including phenoxy) is 4. The molecule has 1 aromatic heterocycles. The monoisotopic (exact) mass is 416 g/mol. The third-order valence-electron chi connectivity index (χ3n) is 4.49. The van der Waals surface area contributed by atoms with Gasteiger partial charge in [-0.3, -0.25) is 4.79 Å². The van der Waals surface area contributed by atoms with Crippen LogP contribution in [-0.2, 0) is 9.53 Å². The Morgan fingerprint density at radius 3 is 2.70 bits per heavy atom. The molecule has 9 nitrogen and oxygen atoms in total. The number of nitrogens with zero attached hydrogens (tertiary/aromatic N) is 3. The number of hydrogen-bond donors (Lipinski definition) is 1. The van der Waals surface area contributed by atoms with Gasteiger partial charge in [0.2, 0.25) is 5.88 Å². The second-order valence-corrected chi connectivity index (χ2v) is 6.85. The fraction of sp³-hybridized carbons (Fsp3) is 0.476. The van der Waals surface area contributed by atoms with Crippen LogP contribution in [0.1, 0.15) is 11.4 Å². The van der Waals surface area contributed by atoms with E-state index in [1.807, 2.05) is 32.0 Å². The fourth-order valence-corrected chi connectivity index (χ4v) is 2.99. The van der Waals surface area contributed by atoms with E-state index >= 15 is 0 Å². The minimum atomic E-state index is -0.242. The van der Waals surface area contributed by atoms with E-state index in [0.717, 1.165) is 24.5 Å². The molecule has 1 aromatic carbocycles. The molecule has 0 bridgehead atoms. The summed E-state index contributed by atoms with van der Waals surface area (Å²) in [5.74, 6) is 2.83. The third-order valence-corrected chi connectivity index (χ3v) is 4.49. The summed E-state index contributed by atoms with van der Waals surface area (Å²) in [6, 6.07) is 7.36. The highest BCUT2D eigenvalue weighted by Crippen LogP contribution is 2.27. The lowest BCUT2D eigenvalue weighted by Crippen LogP contribution is -2.37. The number of carbonyl (C=O) groups is 1. The number of anilines is 1. The molecule has 1 fully saturated rings. The van der Waals surface area contributed by atoms with Crippen LogP contribution in [0.15, 0.2) is 24.3 Å². The van der Waals surface area contributed by atoms with Crippen LogP contribution < -0.4 is 24.4 Å². The third kappa shape index (κ3) is 6.21. The van der Waals surface area contributed by atoms with Gasteiger partial charge in [-0.1, -0.05) is 6.07 Å². The Labute approximate surface area is 176 Å². The van der Waals surface area contributed by atoms with E-state index in [0.29, 0.717) is 49.6 Å². The summed E-state index contributed by atoms with van der Waals surface area (Å²) >= 11 is 0. The normalized spacial score (nSPS) is 13.6. The lowest BCUT2D eigenvalue weighted by molar-refractivity contribution is -0.123. The second kappa shape index (κ2) is 10.6. The Kier molecular flexibility index (Phi) is 7.67. The van der Waals surface area contributed by atoms with Crippen molar-refractivity contribution in [1.82, 2.24) is 15.3 Å². The summed E-state index contributed by atoms with van der Waals surface area (Å²) in [6.45, 7) is 7.26. The zero-order chi connectivity index (χ0) is 21.3. The standard InChI is InChI=1S/C21H28N4O5/c1-15-4-5-17(18(12-15)27-3)30-14-20(26)22-6-9-29-21-13-19(23-16(2)24-21)25-7-10-28-11-8-25/h4-5,12-13H,6-11,14H2,1-3H3,(H,22,26). The first-order valence-electron chi connectivity index (χ1n) is 9.90. The van der Waals surface area contributed by atoms with Crippen LogP contribution in [0.4, 0.5) is 5.82 Å². The molecule has 162 valence electrons. The van der Waals surface area contributed by atoms with Crippen molar-refractivity contribution < 1.29 is 23.7 Å². The fourth-order valence-electron chi connectivity index (χ4n) is 2.99. The summed E-state index contributed by atoms with van der Waals surface area (Å²) in [6.07, 6.45) is 0. The molecule has 0 atom stereocenters. The highest BCUT2D eigenvalue weighted by atomic mass is 16.5. The molecule has 9 heteroatoms. The second-order valence-electron chi connectivity index (χ2n) is 6.85. The van der Waals surface area contributed by atoms with Gasteiger partial charge < -0.3 is 29.2 Å². The summed E-state index contributed by atoms with van der Waals surface area (Å²) in [5.41, 5.74) is 1.05. The lowest BCUT2D eigenvalue weighted by atomic mass is 10.2. The van der Waals surface area contributed by atoms with Crippen LogP contribution in [0.25, 0.3) is 0 Å². The maximum absolute atomic E-state index is 12.0. The molecule has 1 N–H and O–H groups in total. The van der Waals surface area contributed by atoms with Crippen molar-refractivity contribution in [3.05, 3.63) is 35.7 Å². The van der Waals surface area contributed by atoms with E-state index in [4.69, 9.17) is 18.9 Å². The summed E-state index contributed by atoms with van der Waals surface area (Å²) < 4.78 is 21.9. The first kappa shape index (κ1) is 21.6. The number of aromatic nitrogens is 2. The van der Waals surface area contributed by atoms with Crippen molar-refractivity contribution >= 4 is 11.7 Å². The van der Waals surface area contributed by atoms with E-state index in [1.54, 1.807) is 13.2 Å². The van der Waals surface area contributed by atoms with Crippen molar-refractivity contribution in [2.24, 2.45) is 0 Å². The van der Waals surface area contributed by atoms with Crippen LogP contribution in [-0.4, -0.2) is 69.0 Å². The predicted molar refractivity (Wildman–Crippen MR) is 112 cm³/mol. The number of amides is 1. The molecule has 30 heavy (non-hydrogen) atoms. The summed E-state index contributed by atoms with van der Waals surface area (Å²) in [7, 11) is 1.57. The molecule has 1 aliphatic rings. The summed E-state index contributed by atoms with van der Waals surface area (Å²) in [4.78, 5) is 22.9. The SMILES string of the molecule is COc1cc(C)ccc1OCC(=O)NCCOc1cc(N2CCOCC2)nc(C)n1. The Morgan fingerprint density at radius 2 is 1.93 bits per heavy atom. The van der Waals surface area contributed by atoms with Gasteiger partial charge in [0.1, 0.15) is 18.2 Å². The first-order chi connectivity index (χ1) is 14.5. The molecule has 1 amide bonds. The van der Waals surface area contributed by atoms with Crippen molar-refractivity contribution in [3.63, 3.8) is 0 Å². The average molecular weight is 416 g/mol. The Balaban J connectivity index is 1.42. The predicted octanol–water partition coefficient (Wildman–Crippen LogP) is 1.51. The number of morpholine rings is 1. The van der Waals surface area contributed by atoms with Crippen LogP contribution >= 0.6 is 0 Å². The van der Waals surface area contributed by atoms with Gasteiger partial charge in [-0.15, -0.1) is 0 Å². The molecule has 0 aliphatic carbocycles. The van der Waals surface area contributed by atoms with Crippen molar-refractivity contribution in [2.75, 3.05) is 58.1 Å². The van der Waals surface area contributed by atoms with E-state index < -0.39 is 0 Å². The highest BCUT2D eigenvalue weighted by molar-refractivity contribution is 5.77. The molecule has 1 aliphatic heterocycles. The van der Waals surface area contributed by atoms with Crippen LogP contribution in [0.2, 0.25) is 0 Å². The quantitative estimate of drug-likeness (QED) is 0.615. The largest absolute Gasteiger partial charge is 0.493 e. The molecular weight excluding hydrogens is 388 g/mol. The van der Waals surface area contributed by atoms with Crippen molar-refractivity contribution in [1.29, 1.82) is 0 Å². The van der Waals surface area contributed by atoms with E-state index in [1.165, 1.54) is 0 Å². The average Bonchev–Trinajstić information content (AvgIpc) is 2.76. The van der Waals surface area contributed by atoms with Gasteiger partial charge in [0.15, 0.2) is 18.1 Å². The molecular formula is C21H28N4O5. The minimum absolute atomic E-state index is 0.104. The zero-order valence-electron chi connectivity index (χ0n) is 17.6. The lowest BCUT2D eigenvalue weighted by Gasteiger charge is -2.28. The van der Waals surface area contributed by atoms with Gasteiger partial charge in [-0.25, -0.2) is 4.98 Å². The Hall–Kier alpha value is -3.07. The Morgan fingerprint density at radius 1 is 1.13 bits per heavy atom. The van der Waals surface area contributed by atoms with Gasteiger partial charge in [-0.2, -0.15) is 4.98 Å². The molecule has 2 aromatic rings. The van der Waals surface area contributed by atoms with Crippen LogP contribution in [0.3, 0.4) is 0 Å². The smallest absolute Gasteiger partial charge is 0.258 e. The van der Waals surface area contributed by atoms with Gasteiger partial charge in [-0.05, 0) is 31.5 Å². The van der Waals surface area contributed by atoms with E-state index in [-0.39, 0.29) is 12.5 Å². The molecule has 0 spiro atoms. The molecule has 3 rings (SSSR count). The highest BCUT2D eigenvalue weighted by Gasteiger charge is 2.14. The molecule has 0 radical (unpaired) electrons. The number of hydrogen-bond acceptors (Lipinski definition) is 8. The van der Waals surface area contributed by atoms with Crippen LogP contribution in [0, 0.1) is 13.8 Å². The number of carbonyl (C=O) groups excluding carboxylic acids is 1. The van der Waals surface area contributed by atoms with Crippen molar-refractivity contribution in [3.8, 4) is 17.4 Å². The topological polar surface area (TPSA) is 95.0 Å². The van der Waals surface area contributed by atoms with Gasteiger partial charge >= 0.3 is 0 Å². The number of aryl methyl sites for hydroxylation is 2. The number of rotatable bonds is 9. The van der Waals surface area contributed by atoms with Gasteiger partial charge in [0, 0.05) is 19.2 Å². The molecule has 0 saturated carbocycles. The maximum atomic E-state index is 12.0. The maximum Gasteiger partial charge on any atom is 0.258 e. The van der Waals surface area contributed by atoms with Gasteiger partial charge in [0.05, 0.1) is 26.9 Å². The number of methoxy groups -OCH3 is 1. The molecule has 1 saturated heterocycles. The zero-order valence-corrected chi connectivity index (χ0v) is 17.6. The number of benzene rings is 1. The van der Waals surface area contributed by atoms with Crippen molar-refractivity contribution in [2.45, 2.75) is 13.8 Å². The van der Waals surface area contributed by atoms with E-state index in [9.17, 15) is 4.79 Å². The first-order valence-corrected chi connectivity index (χ1v) is 9.90. The van der Waals surface area contributed by atoms with Crippen LogP contribution in [0.5, 0.6) is 17.4 Å². The Bertz CT molecular complexity index is 855. The molecule has 0 unspecified atom stereocenters. The van der Waals surface area contributed by atoms with Gasteiger partial charge in [0.25, 0.3) is 5.91 Å². The number of nitrogens with one attached hydrogen (secondary N) is 1. The molecule has 2 heterocycles. The summed E-state index contributed by atoms with van der Waals surface area (Å²) in [5, 5.41) is 2.76.